The van der Waals surface area contributed by atoms with E-state index in [2.05, 4.69) is 79.8 Å². The van der Waals surface area contributed by atoms with Crippen molar-refractivity contribution in [3.05, 3.63) is 99.4 Å². The van der Waals surface area contributed by atoms with Crippen LogP contribution in [0.5, 0.6) is 0 Å². The molecule has 158 valence electrons. The molecule has 0 fully saturated rings. The van der Waals surface area contributed by atoms with Gasteiger partial charge >= 0.3 is 0 Å². The summed E-state index contributed by atoms with van der Waals surface area (Å²) in [5, 5.41) is 10.9. The van der Waals surface area contributed by atoms with Crippen molar-refractivity contribution in [2.45, 2.75) is 53.4 Å². The molecule has 1 aromatic heterocycles. The molecule has 0 amide bonds. The van der Waals surface area contributed by atoms with E-state index in [1.165, 1.54) is 16.8 Å². The third-order valence-corrected chi connectivity index (χ3v) is 5.80. The molecule has 0 saturated heterocycles. The second kappa shape index (κ2) is 9.72. The summed E-state index contributed by atoms with van der Waals surface area (Å²) in [5.74, 6) is 0.503. The highest BCUT2D eigenvalue weighted by Crippen LogP contribution is 2.21. The number of nitrogens with zero attached hydrogens (tertiary/aromatic N) is 3. The Kier molecular flexibility index (Phi) is 7.06. The van der Waals surface area contributed by atoms with Crippen LogP contribution in [0.3, 0.4) is 0 Å². The van der Waals surface area contributed by atoms with Gasteiger partial charge in [-0.05, 0) is 43.0 Å². The maximum Gasteiger partial charge on any atom is 0.269 e. The molecule has 1 atom stereocenters. The lowest BCUT2D eigenvalue weighted by atomic mass is 10.0. The van der Waals surface area contributed by atoms with E-state index in [1.54, 1.807) is 12.1 Å². The Morgan fingerprint density at radius 1 is 0.967 bits per heavy atom. The molecule has 3 rings (SSSR count). The highest BCUT2D eigenvalue weighted by Gasteiger charge is 2.19. The molecule has 0 aliphatic heterocycles. The third kappa shape index (κ3) is 5.57. The number of non-ortho nitro benzene ring substituents is 1. The van der Waals surface area contributed by atoms with E-state index < -0.39 is 0 Å². The smallest absolute Gasteiger partial charge is 0.269 e. The number of hydrogen-bond acceptors (Lipinski definition) is 3. The summed E-state index contributed by atoms with van der Waals surface area (Å²) >= 11 is 0. The van der Waals surface area contributed by atoms with Gasteiger partial charge in [0.15, 0.2) is 0 Å². The number of aromatic nitrogens is 1. The average molecular weight is 406 g/mol. The number of rotatable bonds is 9. The molecule has 0 aliphatic rings. The molecule has 0 radical (unpaired) electrons. The highest BCUT2D eigenvalue weighted by atomic mass is 16.6. The van der Waals surface area contributed by atoms with Crippen molar-refractivity contribution in [3.8, 4) is 0 Å². The number of nitro groups is 1. The van der Waals surface area contributed by atoms with Crippen LogP contribution in [0.25, 0.3) is 0 Å². The number of benzene rings is 2. The summed E-state index contributed by atoms with van der Waals surface area (Å²) in [6.07, 6.45) is 2.14. The Morgan fingerprint density at radius 2 is 1.70 bits per heavy atom. The fourth-order valence-corrected chi connectivity index (χ4v) is 3.69. The van der Waals surface area contributed by atoms with Crippen LogP contribution in [0.1, 0.15) is 43.2 Å². The van der Waals surface area contributed by atoms with Crippen molar-refractivity contribution in [1.82, 2.24) is 9.47 Å². The van der Waals surface area contributed by atoms with Gasteiger partial charge in [0.25, 0.3) is 5.69 Å². The summed E-state index contributed by atoms with van der Waals surface area (Å²) < 4.78 is 2.31. The van der Waals surface area contributed by atoms with Gasteiger partial charge in [0.05, 0.1) is 4.92 Å². The molecule has 1 heterocycles. The lowest BCUT2D eigenvalue weighted by molar-refractivity contribution is -0.384. The maximum atomic E-state index is 10.9. The molecule has 30 heavy (non-hydrogen) atoms. The largest absolute Gasteiger partial charge is 0.346 e. The van der Waals surface area contributed by atoms with Gasteiger partial charge in [-0.1, -0.05) is 55.8 Å². The number of hydrogen-bond donors (Lipinski definition) is 0. The molecule has 5 nitrogen and oxygen atoms in total. The van der Waals surface area contributed by atoms with Crippen LogP contribution in [0.15, 0.2) is 66.9 Å². The maximum absolute atomic E-state index is 10.9. The van der Waals surface area contributed by atoms with Gasteiger partial charge in [0.1, 0.15) is 0 Å². The van der Waals surface area contributed by atoms with Gasteiger partial charge in [0.2, 0.25) is 0 Å². The van der Waals surface area contributed by atoms with E-state index in [0.29, 0.717) is 12.0 Å². The predicted molar refractivity (Wildman–Crippen MR) is 121 cm³/mol. The Bertz CT molecular complexity index is 976. The van der Waals surface area contributed by atoms with Gasteiger partial charge in [0, 0.05) is 49.7 Å². The minimum atomic E-state index is -0.351. The van der Waals surface area contributed by atoms with Crippen molar-refractivity contribution in [3.63, 3.8) is 0 Å². The normalized spacial score (nSPS) is 12.5. The highest BCUT2D eigenvalue weighted by molar-refractivity contribution is 5.33. The molecular formula is C25H31N3O2. The van der Waals surface area contributed by atoms with Crippen molar-refractivity contribution < 1.29 is 4.92 Å². The van der Waals surface area contributed by atoms with Crippen LogP contribution in [0.4, 0.5) is 5.69 Å². The second-order valence-electron chi connectivity index (χ2n) is 8.43. The zero-order valence-corrected chi connectivity index (χ0v) is 18.3. The van der Waals surface area contributed by atoms with Gasteiger partial charge < -0.3 is 4.57 Å². The SMILES string of the molecule is Cc1cccc(Cn2cccc2CN(Cc2ccc([N+](=O)[O-])cc2)[C@H](C)C(C)C)c1. The standard InChI is InChI=1S/C25H31N3O2/c1-19(2)21(4)27(16-22-10-12-24(13-11-22)28(29)30)18-25-9-6-14-26(25)17-23-8-5-7-20(3)15-23/h5-15,19,21H,16-18H2,1-4H3/t21-/m1/s1. The lowest BCUT2D eigenvalue weighted by Crippen LogP contribution is -2.36. The molecule has 3 aromatic rings. The predicted octanol–water partition coefficient (Wildman–Crippen LogP) is 5.80. The zero-order valence-electron chi connectivity index (χ0n) is 18.3. The Morgan fingerprint density at radius 3 is 2.33 bits per heavy atom. The first-order valence-electron chi connectivity index (χ1n) is 10.5. The Labute approximate surface area is 179 Å². The van der Waals surface area contributed by atoms with Crippen LogP contribution in [-0.4, -0.2) is 20.4 Å². The van der Waals surface area contributed by atoms with E-state index in [0.717, 1.165) is 25.2 Å². The van der Waals surface area contributed by atoms with Gasteiger partial charge in [-0.2, -0.15) is 0 Å². The van der Waals surface area contributed by atoms with Crippen LogP contribution in [-0.2, 0) is 19.6 Å². The molecule has 0 N–H and O–H groups in total. The van der Waals surface area contributed by atoms with Crippen molar-refractivity contribution in [1.29, 1.82) is 0 Å². The molecular weight excluding hydrogens is 374 g/mol. The second-order valence-corrected chi connectivity index (χ2v) is 8.43. The first-order chi connectivity index (χ1) is 14.3. The van der Waals surface area contributed by atoms with E-state index in [4.69, 9.17) is 0 Å². The van der Waals surface area contributed by atoms with Gasteiger partial charge in [-0.15, -0.1) is 0 Å². The van der Waals surface area contributed by atoms with Crippen LogP contribution >= 0.6 is 0 Å². The molecule has 5 heteroatoms. The summed E-state index contributed by atoms with van der Waals surface area (Å²) in [7, 11) is 0. The van der Waals surface area contributed by atoms with E-state index in [1.807, 2.05) is 12.1 Å². The third-order valence-electron chi connectivity index (χ3n) is 5.80. The lowest BCUT2D eigenvalue weighted by Gasteiger charge is -2.32. The van der Waals surface area contributed by atoms with Crippen LogP contribution in [0.2, 0.25) is 0 Å². The fourth-order valence-electron chi connectivity index (χ4n) is 3.69. The minimum Gasteiger partial charge on any atom is -0.346 e. The molecule has 0 saturated carbocycles. The first-order valence-corrected chi connectivity index (χ1v) is 10.5. The summed E-state index contributed by atoms with van der Waals surface area (Å²) in [6.45, 7) is 11.3. The van der Waals surface area contributed by atoms with Crippen molar-refractivity contribution >= 4 is 5.69 Å². The van der Waals surface area contributed by atoms with Crippen LogP contribution < -0.4 is 0 Å². The molecule has 0 unspecified atom stereocenters. The monoisotopic (exact) mass is 405 g/mol. The first kappa shape index (κ1) is 21.8. The van der Waals surface area contributed by atoms with Gasteiger partial charge in [-0.25, -0.2) is 0 Å². The summed E-state index contributed by atoms with van der Waals surface area (Å²) in [6, 6.07) is 20.2. The van der Waals surface area contributed by atoms with E-state index in [-0.39, 0.29) is 10.6 Å². The Hall–Kier alpha value is -2.92. The zero-order chi connectivity index (χ0) is 21.7. The van der Waals surface area contributed by atoms with E-state index >= 15 is 0 Å². The quantitative estimate of drug-likeness (QED) is 0.334. The Balaban J connectivity index is 1.79. The average Bonchev–Trinajstić information content (AvgIpc) is 3.13. The van der Waals surface area contributed by atoms with Crippen LogP contribution in [0, 0.1) is 23.0 Å². The summed E-state index contributed by atoms with van der Waals surface area (Å²) in [5.41, 5.74) is 5.06. The van der Waals surface area contributed by atoms with Gasteiger partial charge in [-0.3, -0.25) is 15.0 Å². The van der Waals surface area contributed by atoms with E-state index in [9.17, 15) is 10.1 Å². The fraction of sp³-hybridized carbons (Fsp3) is 0.360. The molecule has 0 aliphatic carbocycles. The minimum absolute atomic E-state index is 0.134. The molecule has 0 bridgehead atoms. The topological polar surface area (TPSA) is 51.3 Å². The molecule has 0 spiro atoms. The number of nitro benzene ring substituents is 1. The number of aryl methyl sites for hydroxylation is 1. The summed E-state index contributed by atoms with van der Waals surface area (Å²) in [4.78, 5) is 13.0. The molecule has 2 aromatic carbocycles. The van der Waals surface area contributed by atoms with Crippen molar-refractivity contribution in [2.75, 3.05) is 0 Å². The van der Waals surface area contributed by atoms with Crippen molar-refractivity contribution in [2.24, 2.45) is 5.92 Å².